The second kappa shape index (κ2) is 39.0. The van der Waals surface area contributed by atoms with Crippen molar-refractivity contribution in [2.45, 2.75) is 340 Å². The Balaban J connectivity index is 1.15. The average Bonchev–Trinajstić information content (AvgIpc) is 0.919. The van der Waals surface area contributed by atoms with Crippen LogP contribution in [0.2, 0.25) is 0 Å². The number of ether oxygens (including phenoxy) is 4. The summed E-state index contributed by atoms with van der Waals surface area (Å²) < 4.78 is 26.3. The van der Waals surface area contributed by atoms with Crippen LogP contribution < -0.4 is 18.9 Å². The third kappa shape index (κ3) is 27.1. The van der Waals surface area contributed by atoms with Crippen LogP contribution in [-0.4, -0.2) is 66.7 Å². The molecule has 2 heterocycles. The van der Waals surface area contributed by atoms with Gasteiger partial charge >= 0.3 is 11.9 Å². The first-order valence-electron chi connectivity index (χ1n) is 36.3. The van der Waals surface area contributed by atoms with Crippen LogP contribution in [0.15, 0.2) is 12.3 Å². The van der Waals surface area contributed by atoms with Gasteiger partial charge in [0.2, 0.25) is 0 Å². The Hall–Kier alpha value is -3.52. The Morgan fingerprint density at radius 2 is 0.782 bits per heavy atom. The Labute approximate surface area is 537 Å². The van der Waals surface area contributed by atoms with Crippen LogP contribution in [0.1, 0.15) is 319 Å². The van der Waals surface area contributed by atoms with Crippen LogP contribution in [0, 0.1) is 77.0 Å². The van der Waals surface area contributed by atoms with Gasteiger partial charge in [-0.3, -0.25) is 9.59 Å². The van der Waals surface area contributed by atoms with Crippen molar-refractivity contribution in [2.24, 2.45) is 35.5 Å². The zero-order valence-corrected chi connectivity index (χ0v) is 60.2. The highest BCUT2D eigenvalue weighted by molar-refractivity contribution is 5.75. The summed E-state index contributed by atoms with van der Waals surface area (Å²) in [6.07, 6.45) is 38.1. The number of hydrogen-bond acceptors (Lipinski definition) is 8. The molecule has 6 unspecified atom stereocenters. The molecule has 0 aliphatic carbocycles. The van der Waals surface area contributed by atoms with Crippen LogP contribution in [0.5, 0.6) is 23.0 Å². The molecule has 498 valence electrons. The molecule has 0 aromatic heterocycles. The highest BCUT2D eigenvalue weighted by Crippen LogP contribution is 2.47. The molecule has 2 aromatic carbocycles. The largest absolute Gasteiger partial charge is 0.487 e. The summed E-state index contributed by atoms with van der Waals surface area (Å²) in [5.74, 6) is 8.09. The number of carbonyl (C=O) groups is 2. The maximum Gasteiger partial charge on any atom is 0.311 e. The smallest absolute Gasteiger partial charge is 0.311 e. The minimum absolute atomic E-state index is 0.137. The lowest BCUT2D eigenvalue weighted by Crippen LogP contribution is -2.37. The molecule has 8 nitrogen and oxygen atoms in total. The summed E-state index contributed by atoms with van der Waals surface area (Å²) >= 11 is 0. The van der Waals surface area contributed by atoms with E-state index in [-0.39, 0.29) is 23.1 Å². The number of benzene rings is 2. The maximum atomic E-state index is 13.4. The van der Waals surface area contributed by atoms with Crippen molar-refractivity contribution in [3.05, 3.63) is 56.8 Å². The average molecular weight is 1210 g/mol. The van der Waals surface area contributed by atoms with Crippen molar-refractivity contribution in [2.75, 3.05) is 33.7 Å². The Morgan fingerprint density at radius 1 is 0.437 bits per heavy atom. The van der Waals surface area contributed by atoms with E-state index in [4.69, 9.17) is 18.9 Å². The monoisotopic (exact) mass is 1210 g/mol. The van der Waals surface area contributed by atoms with E-state index in [9.17, 15) is 9.59 Å². The fourth-order valence-electron chi connectivity index (χ4n) is 14.2. The highest BCUT2D eigenvalue weighted by Gasteiger charge is 2.37. The van der Waals surface area contributed by atoms with Crippen molar-refractivity contribution in [1.29, 1.82) is 0 Å². The number of unbranched alkanes of at least 4 members (excludes halogenated alkanes) is 6. The SMILES string of the molecule is C=C(CCCN(C)C)N(CCCCCCC(=O)Oc1c(C)c(C)c2c(c1C)CCC(C)(CCCC(C)CCCC(C)CCCC(C)C)O2)CCCCCCC(=O)Oc1c(C)c(C)c2c(c1C)CCC(C)(CCCC(C)CCCC(C)CCCC(C)C)O2. The van der Waals surface area contributed by atoms with Crippen molar-refractivity contribution in [1.82, 2.24) is 9.80 Å². The number of fused-ring (bicyclic) bond motifs is 2. The summed E-state index contributed by atoms with van der Waals surface area (Å²) in [4.78, 5) is 31.6. The third-order valence-corrected chi connectivity index (χ3v) is 20.7. The Morgan fingerprint density at radius 3 is 1.14 bits per heavy atom. The molecule has 6 atom stereocenters. The molecule has 8 heteroatoms. The van der Waals surface area contributed by atoms with Gasteiger partial charge in [-0.1, -0.05) is 178 Å². The van der Waals surface area contributed by atoms with Crippen LogP contribution in [0.3, 0.4) is 0 Å². The van der Waals surface area contributed by atoms with E-state index in [1.165, 1.54) is 120 Å². The van der Waals surface area contributed by atoms with Crippen molar-refractivity contribution < 1.29 is 28.5 Å². The molecular weight excluding hydrogens is 1070 g/mol. The summed E-state index contributed by atoms with van der Waals surface area (Å²) in [6, 6.07) is 0. The predicted molar refractivity (Wildman–Crippen MR) is 371 cm³/mol. The lowest BCUT2D eigenvalue weighted by atomic mass is 9.83. The molecule has 2 aliphatic heterocycles. The van der Waals surface area contributed by atoms with Crippen molar-refractivity contribution in [3.8, 4) is 23.0 Å². The summed E-state index contributed by atoms with van der Waals surface area (Å²) in [6.45, 7) is 44.0. The first-order chi connectivity index (χ1) is 41.2. The molecule has 0 fully saturated rings. The van der Waals surface area contributed by atoms with Gasteiger partial charge < -0.3 is 28.7 Å². The van der Waals surface area contributed by atoms with Crippen LogP contribution in [-0.2, 0) is 22.4 Å². The minimum Gasteiger partial charge on any atom is -0.487 e. The molecule has 4 rings (SSSR count). The normalized spacial score (nSPS) is 18.0. The first-order valence-corrected chi connectivity index (χ1v) is 36.3. The van der Waals surface area contributed by atoms with Gasteiger partial charge in [-0.2, -0.15) is 0 Å². The second-order valence-corrected chi connectivity index (χ2v) is 30.6. The molecule has 0 bridgehead atoms. The van der Waals surface area contributed by atoms with Crippen LogP contribution >= 0.6 is 0 Å². The van der Waals surface area contributed by atoms with Gasteiger partial charge in [0.15, 0.2) is 0 Å². The molecular formula is C79H136N2O6. The van der Waals surface area contributed by atoms with E-state index in [0.717, 1.165) is 214 Å². The van der Waals surface area contributed by atoms with Gasteiger partial charge in [0.25, 0.3) is 0 Å². The molecule has 2 aliphatic rings. The molecule has 0 spiro atoms. The summed E-state index contributed by atoms with van der Waals surface area (Å²) in [5.41, 5.74) is 9.70. The molecule has 0 radical (unpaired) electrons. The summed E-state index contributed by atoms with van der Waals surface area (Å²) in [5, 5.41) is 0. The number of allylic oxidation sites excluding steroid dienone is 1. The lowest BCUT2D eigenvalue weighted by molar-refractivity contribution is -0.135. The zero-order valence-electron chi connectivity index (χ0n) is 60.2. The van der Waals surface area contributed by atoms with E-state index < -0.39 is 0 Å². The summed E-state index contributed by atoms with van der Waals surface area (Å²) in [7, 11) is 4.27. The molecule has 0 saturated heterocycles. The maximum absolute atomic E-state index is 13.4. The van der Waals surface area contributed by atoms with Gasteiger partial charge in [-0.25, -0.2) is 0 Å². The van der Waals surface area contributed by atoms with Crippen molar-refractivity contribution >= 4 is 11.9 Å². The molecule has 0 saturated carbocycles. The number of hydrogen-bond donors (Lipinski definition) is 0. The zero-order chi connectivity index (χ0) is 64.3. The van der Waals surface area contributed by atoms with Gasteiger partial charge in [0.1, 0.15) is 34.2 Å². The van der Waals surface area contributed by atoms with Gasteiger partial charge in [0.05, 0.1) is 0 Å². The van der Waals surface area contributed by atoms with Gasteiger partial charge in [-0.15, -0.1) is 0 Å². The number of carbonyl (C=O) groups excluding carboxylic acids is 2. The van der Waals surface area contributed by atoms with Gasteiger partial charge in [-0.05, 0) is 235 Å². The van der Waals surface area contributed by atoms with Gasteiger partial charge in [0, 0.05) is 42.8 Å². The van der Waals surface area contributed by atoms with E-state index >= 15 is 0 Å². The number of esters is 2. The molecule has 0 N–H and O–H groups in total. The van der Waals surface area contributed by atoms with Crippen LogP contribution in [0.25, 0.3) is 0 Å². The first kappa shape index (κ1) is 75.9. The number of rotatable bonds is 45. The Bertz CT molecular complexity index is 2220. The van der Waals surface area contributed by atoms with E-state index in [0.29, 0.717) is 12.8 Å². The van der Waals surface area contributed by atoms with E-state index in [2.05, 4.69) is 141 Å². The van der Waals surface area contributed by atoms with Crippen molar-refractivity contribution in [3.63, 3.8) is 0 Å². The fourth-order valence-corrected chi connectivity index (χ4v) is 14.2. The quantitative estimate of drug-likeness (QED) is 0.0369. The minimum atomic E-state index is -0.164. The second-order valence-electron chi connectivity index (χ2n) is 30.6. The third-order valence-electron chi connectivity index (χ3n) is 20.7. The van der Waals surface area contributed by atoms with E-state index in [1.54, 1.807) is 0 Å². The fraction of sp³-hybridized carbons (Fsp3) is 0.797. The predicted octanol–water partition coefficient (Wildman–Crippen LogP) is 22.2. The topological polar surface area (TPSA) is 77.5 Å². The molecule has 0 amide bonds. The Kier molecular flexibility index (Phi) is 34.0. The van der Waals surface area contributed by atoms with Crippen LogP contribution in [0.4, 0.5) is 0 Å². The standard InChI is InChI=1S/C79H136N2O6/c1-57(2)35-28-37-59(5)39-30-41-61(7)43-32-50-78(16)52-48-70-68(14)74(64(10)66(12)76(70)86-78)84-72(82)46-24-20-22-26-55-81(63(9)45-34-54-80(18)19)56-27-23-21-25-47-73(83)85-75-65(11)67(13)77-71(69(75)15)49-53-79(17,87-77)51-33-44-62(8)42-31-40-60(6)38-29-36-58(3)4/h57-62H,9,20-56H2,1-8,10-19H3. The van der Waals surface area contributed by atoms with E-state index in [1.807, 2.05) is 0 Å². The number of nitrogens with zero attached hydrogens (tertiary/aromatic N) is 2. The lowest BCUT2D eigenvalue weighted by Gasteiger charge is -2.38. The highest BCUT2D eigenvalue weighted by atomic mass is 16.5. The molecule has 87 heavy (non-hydrogen) atoms. The molecule has 2 aromatic rings.